The molecule has 2 aromatic heterocycles. The Hall–Kier alpha value is -1.16. The molecule has 4 heteroatoms. The number of H-pyrrole nitrogens is 1. The molecule has 0 radical (unpaired) electrons. The van der Waals surface area contributed by atoms with Crippen LogP contribution < -0.4 is 4.68 Å². The van der Waals surface area contributed by atoms with Gasteiger partial charge in [0, 0.05) is 29.9 Å². The molecule has 0 aliphatic heterocycles. The van der Waals surface area contributed by atoms with E-state index in [0.29, 0.717) is 0 Å². The van der Waals surface area contributed by atoms with Crippen LogP contribution in [0.1, 0.15) is 0 Å². The van der Waals surface area contributed by atoms with Crippen molar-refractivity contribution in [1.29, 1.82) is 0 Å². The van der Waals surface area contributed by atoms with Gasteiger partial charge in [0.15, 0.2) is 0 Å². The van der Waals surface area contributed by atoms with E-state index in [-0.39, 0.29) is 0 Å². The van der Waals surface area contributed by atoms with Crippen molar-refractivity contribution in [2.75, 3.05) is 0 Å². The third-order valence-electron chi connectivity index (χ3n) is 1.21. The molecule has 10 heavy (non-hydrogen) atoms. The number of hydrogen-bond acceptors (Lipinski definition) is 2. The van der Waals surface area contributed by atoms with Crippen LogP contribution in [-0.4, -0.2) is 9.47 Å². The van der Waals surface area contributed by atoms with Crippen molar-refractivity contribution in [3.8, 4) is 5.00 Å². The highest BCUT2D eigenvalue weighted by Gasteiger charge is 2.05. The molecule has 0 fully saturated rings. The minimum absolute atomic E-state index is 1.10. The molecule has 2 aromatic rings. The molecule has 3 nitrogen and oxygen atoms in total. The molecule has 2 heterocycles. The molecular formula is C6H6N3S+. The molecule has 50 valence electrons. The van der Waals surface area contributed by atoms with Crippen LogP contribution in [0.2, 0.25) is 0 Å². The Morgan fingerprint density at radius 1 is 1.60 bits per heavy atom. The normalized spacial score (nSPS) is 10.0. The molecule has 0 bridgehead atoms. The van der Waals surface area contributed by atoms with E-state index >= 15 is 0 Å². The average Bonchev–Trinajstić information content (AvgIpc) is 2.59. The molecule has 0 spiro atoms. The number of hydrogen-bond donors (Lipinski definition) is 1. The van der Waals surface area contributed by atoms with E-state index in [0.717, 1.165) is 5.00 Å². The third-order valence-corrected chi connectivity index (χ3v) is 1.95. The van der Waals surface area contributed by atoms with E-state index in [9.17, 15) is 0 Å². The summed E-state index contributed by atoms with van der Waals surface area (Å²) in [7, 11) is 0. The van der Waals surface area contributed by atoms with Gasteiger partial charge in [-0.2, -0.15) is 9.47 Å². The molecule has 0 aliphatic carbocycles. The number of nitrogens with zero attached hydrogens (tertiary/aromatic N) is 2. The Kier molecular flexibility index (Phi) is 1.25. The first-order chi connectivity index (χ1) is 4.97. The summed E-state index contributed by atoms with van der Waals surface area (Å²) in [6, 6.07) is 3.90. The monoisotopic (exact) mass is 152 g/mol. The maximum absolute atomic E-state index is 3.98. The van der Waals surface area contributed by atoms with Gasteiger partial charge in [-0.05, 0) is 0 Å². The molecule has 0 saturated heterocycles. The van der Waals surface area contributed by atoms with Crippen LogP contribution >= 0.6 is 11.5 Å². The van der Waals surface area contributed by atoms with Crippen molar-refractivity contribution in [3.63, 3.8) is 0 Å². The molecule has 0 aromatic carbocycles. The largest absolute Gasteiger partial charge is 0.309 e. The van der Waals surface area contributed by atoms with Crippen LogP contribution in [0.4, 0.5) is 0 Å². The van der Waals surface area contributed by atoms with Gasteiger partial charge in [0.25, 0.3) is 0 Å². The molecule has 0 saturated carbocycles. The Morgan fingerprint density at radius 3 is 3.20 bits per heavy atom. The number of rotatable bonds is 1. The zero-order chi connectivity index (χ0) is 6.81. The minimum Gasteiger partial charge on any atom is -0.195 e. The van der Waals surface area contributed by atoms with E-state index in [1.165, 1.54) is 11.5 Å². The molecule has 0 atom stereocenters. The van der Waals surface area contributed by atoms with Gasteiger partial charge in [-0.3, -0.25) is 0 Å². The van der Waals surface area contributed by atoms with Gasteiger partial charge in [0.1, 0.15) is 0 Å². The van der Waals surface area contributed by atoms with Crippen LogP contribution in [0.15, 0.2) is 30.7 Å². The lowest BCUT2D eigenvalue weighted by Crippen LogP contribution is -2.29. The maximum Gasteiger partial charge on any atom is 0.309 e. The first-order valence-electron chi connectivity index (χ1n) is 2.93. The molecule has 1 N–H and O–H groups in total. The highest BCUT2D eigenvalue weighted by atomic mass is 32.1. The Labute approximate surface area is 62.1 Å². The third kappa shape index (κ3) is 0.823. The molecule has 0 amide bonds. The second kappa shape index (κ2) is 2.22. The van der Waals surface area contributed by atoms with E-state index in [1.54, 1.807) is 6.20 Å². The van der Waals surface area contributed by atoms with Gasteiger partial charge >= 0.3 is 5.00 Å². The van der Waals surface area contributed by atoms with Crippen molar-refractivity contribution >= 4 is 11.5 Å². The number of aromatic nitrogens is 3. The fourth-order valence-electron chi connectivity index (χ4n) is 0.766. The SMILES string of the molecule is c1c[nH][n+](-c2ccns2)c1. The standard InChI is InChI=1S/C6H5N3S/c1-3-7-9(5-1)6-2-4-8-10-6/h1-5H/p+1. The van der Waals surface area contributed by atoms with Crippen LogP contribution in [0.25, 0.3) is 5.00 Å². The minimum atomic E-state index is 1.10. The Morgan fingerprint density at radius 2 is 2.60 bits per heavy atom. The van der Waals surface area contributed by atoms with Crippen LogP contribution in [-0.2, 0) is 0 Å². The quantitative estimate of drug-likeness (QED) is 0.601. The lowest BCUT2D eigenvalue weighted by molar-refractivity contribution is -0.651. The summed E-state index contributed by atoms with van der Waals surface area (Å²) >= 11 is 1.46. The molecular weight excluding hydrogens is 146 g/mol. The fourth-order valence-corrected chi connectivity index (χ4v) is 1.32. The van der Waals surface area contributed by atoms with Crippen molar-refractivity contribution in [1.82, 2.24) is 9.47 Å². The second-order valence-electron chi connectivity index (χ2n) is 1.86. The predicted octanol–water partition coefficient (Wildman–Crippen LogP) is 0.748. The van der Waals surface area contributed by atoms with Crippen molar-refractivity contribution < 1.29 is 4.68 Å². The summed E-state index contributed by atoms with van der Waals surface area (Å²) in [5, 5.41) is 4.13. The smallest absolute Gasteiger partial charge is 0.195 e. The van der Waals surface area contributed by atoms with Crippen LogP contribution in [0.5, 0.6) is 0 Å². The van der Waals surface area contributed by atoms with Gasteiger partial charge < -0.3 is 0 Å². The lowest BCUT2D eigenvalue weighted by atomic mass is 10.7. The van der Waals surface area contributed by atoms with E-state index in [1.807, 2.05) is 29.2 Å². The van der Waals surface area contributed by atoms with Gasteiger partial charge in [-0.25, -0.2) is 0 Å². The topological polar surface area (TPSA) is 32.6 Å². The highest BCUT2D eigenvalue weighted by Crippen LogP contribution is 2.01. The Bertz CT molecular complexity index is 252. The van der Waals surface area contributed by atoms with Crippen LogP contribution in [0.3, 0.4) is 0 Å². The maximum atomic E-state index is 3.98. The summed E-state index contributed by atoms with van der Waals surface area (Å²) in [5.41, 5.74) is 0. The summed E-state index contributed by atoms with van der Waals surface area (Å²) in [6.45, 7) is 0. The fraction of sp³-hybridized carbons (Fsp3) is 0. The highest BCUT2D eigenvalue weighted by molar-refractivity contribution is 7.07. The summed E-state index contributed by atoms with van der Waals surface area (Å²) in [5.74, 6) is 0. The second-order valence-corrected chi connectivity index (χ2v) is 2.67. The number of aromatic amines is 1. The number of nitrogens with one attached hydrogen (secondary N) is 1. The van der Waals surface area contributed by atoms with Crippen molar-refractivity contribution in [3.05, 3.63) is 30.7 Å². The summed E-state index contributed by atoms with van der Waals surface area (Å²) in [6.07, 6.45) is 5.61. The first kappa shape index (κ1) is 5.61. The predicted molar refractivity (Wildman–Crippen MR) is 38.0 cm³/mol. The van der Waals surface area contributed by atoms with Gasteiger partial charge in [-0.15, -0.1) is 0 Å². The first-order valence-corrected chi connectivity index (χ1v) is 3.70. The zero-order valence-corrected chi connectivity index (χ0v) is 6.01. The van der Waals surface area contributed by atoms with E-state index in [2.05, 4.69) is 9.47 Å². The van der Waals surface area contributed by atoms with Gasteiger partial charge in [0.2, 0.25) is 6.20 Å². The zero-order valence-electron chi connectivity index (χ0n) is 5.19. The Balaban J connectivity index is 2.48. The molecule has 0 unspecified atom stereocenters. The van der Waals surface area contributed by atoms with Crippen LogP contribution in [0, 0.1) is 0 Å². The van der Waals surface area contributed by atoms with Gasteiger partial charge in [0.05, 0.1) is 6.20 Å². The lowest BCUT2D eigenvalue weighted by Gasteiger charge is -1.77. The van der Waals surface area contributed by atoms with Gasteiger partial charge in [-0.1, -0.05) is 4.68 Å². The van der Waals surface area contributed by atoms with Crippen molar-refractivity contribution in [2.24, 2.45) is 0 Å². The van der Waals surface area contributed by atoms with E-state index < -0.39 is 0 Å². The summed E-state index contributed by atoms with van der Waals surface area (Å²) < 4.78 is 5.89. The average molecular weight is 152 g/mol. The van der Waals surface area contributed by atoms with E-state index in [4.69, 9.17) is 0 Å². The molecule has 2 rings (SSSR count). The van der Waals surface area contributed by atoms with Crippen molar-refractivity contribution in [2.45, 2.75) is 0 Å². The summed E-state index contributed by atoms with van der Waals surface area (Å²) in [4.78, 5) is 0. The molecule has 0 aliphatic rings.